The fraction of sp³-hybridized carbons (Fsp3) is 0.692. The first-order valence-electron chi connectivity index (χ1n) is 6.35. The van der Waals surface area contributed by atoms with Gasteiger partial charge in [-0.25, -0.2) is 0 Å². The van der Waals surface area contributed by atoms with Crippen molar-refractivity contribution in [1.29, 1.82) is 0 Å². The fourth-order valence-corrected chi connectivity index (χ4v) is 3.90. The molecule has 2 rings (SSSR count). The summed E-state index contributed by atoms with van der Waals surface area (Å²) < 4.78 is 0.909. The van der Waals surface area contributed by atoms with E-state index >= 15 is 0 Å². The summed E-state index contributed by atoms with van der Waals surface area (Å²) in [6.45, 7) is 2.48. The summed E-state index contributed by atoms with van der Waals surface area (Å²) in [7, 11) is 0. The summed E-state index contributed by atoms with van der Waals surface area (Å²) in [6.07, 6.45) is 5.52. The summed E-state index contributed by atoms with van der Waals surface area (Å²) >= 11 is 7.82. The zero-order valence-corrected chi connectivity index (χ0v) is 11.8. The number of rotatable bonds is 5. The van der Waals surface area contributed by atoms with Gasteiger partial charge < -0.3 is 10.4 Å². The number of aryl methyl sites for hydroxylation is 1. The van der Waals surface area contributed by atoms with E-state index in [1.165, 1.54) is 29.7 Å². The molecular weight excluding hydrogens is 254 g/mol. The Kier molecular flexibility index (Phi) is 4.86. The average Bonchev–Trinajstić information content (AvgIpc) is 2.68. The lowest BCUT2D eigenvalue weighted by Gasteiger charge is -2.27. The van der Waals surface area contributed by atoms with E-state index in [0.29, 0.717) is 12.1 Å². The highest BCUT2D eigenvalue weighted by atomic mass is 35.5. The van der Waals surface area contributed by atoms with Crippen LogP contribution >= 0.6 is 22.9 Å². The molecule has 1 aliphatic carbocycles. The van der Waals surface area contributed by atoms with Crippen LogP contribution in [0.1, 0.15) is 49.1 Å². The third kappa shape index (κ3) is 3.44. The molecule has 1 aromatic heterocycles. The maximum Gasteiger partial charge on any atom is 0.0934 e. The summed E-state index contributed by atoms with van der Waals surface area (Å²) in [5.41, 5.74) is 1.40. The molecule has 0 amide bonds. The van der Waals surface area contributed by atoms with Gasteiger partial charge >= 0.3 is 0 Å². The van der Waals surface area contributed by atoms with Crippen molar-refractivity contribution in [3.05, 3.63) is 20.8 Å². The van der Waals surface area contributed by atoms with Crippen LogP contribution in [-0.2, 0) is 6.42 Å². The van der Waals surface area contributed by atoms with Crippen LogP contribution in [0.4, 0.5) is 0 Å². The van der Waals surface area contributed by atoms with Gasteiger partial charge in [-0.1, -0.05) is 11.6 Å². The highest BCUT2D eigenvalue weighted by Gasteiger charge is 2.23. The maximum absolute atomic E-state index is 8.84. The van der Waals surface area contributed by atoms with Crippen molar-refractivity contribution in [2.75, 3.05) is 6.61 Å². The molecule has 1 heterocycles. The van der Waals surface area contributed by atoms with E-state index in [2.05, 4.69) is 18.3 Å². The van der Waals surface area contributed by atoms with Crippen LogP contribution in [-0.4, -0.2) is 17.8 Å². The highest BCUT2D eigenvalue weighted by molar-refractivity contribution is 7.16. The highest BCUT2D eigenvalue weighted by Crippen LogP contribution is 2.38. The summed E-state index contributed by atoms with van der Waals surface area (Å²) in [6, 6.07) is 3.03. The molecule has 2 N–H and O–H groups in total. The Bertz CT molecular complexity index is 366. The van der Waals surface area contributed by atoms with E-state index in [0.717, 1.165) is 17.2 Å². The number of nitrogens with one attached hydrogen (secondary N) is 1. The fourth-order valence-electron chi connectivity index (χ4n) is 2.52. The van der Waals surface area contributed by atoms with Crippen molar-refractivity contribution in [2.45, 2.75) is 51.1 Å². The first kappa shape index (κ1) is 13.3. The molecule has 17 heavy (non-hydrogen) atoms. The molecule has 0 aliphatic heterocycles. The molecule has 0 saturated heterocycles. The lowest BCUT2D eigenvalue weighted by Crippen LogP contribution is -2.32. The topological polar surface area (TPSA) is 32.3 Å². The molecule has 96 valence electrons. The Morgan fingerprint density at radius 1 is 1.65 bits per heavy atom. The minimum Gasteiger partial charge on any atom is -0.396 e. The molecule has 4 heteroatoms. The van der Waals surface area contributed by atoms with Crippen LogP contribution in [0, 0.1) is 0 Å². The van der Waals surface area contributed by atoms with Gasteiger partial charge in [-0.15, -0.1) is 11.3 Å². The molecule has 1 aromatic rings. The van der Waals surface area contributed by atoms with E-state index in [1.807, 2.05) is 0 Å². The molecule has 0 bridgehead atoms. The molecule has 2 atom stereocenters. The third-order valence-corrected chi connectivity index (χ3v) is 4.70. The molecular formula is C13H20ClNOS. The number of halogens is 1. The standard InChI is InChI=1S/C13H20ClNOS/c1-9(4-3-7-16)15-11-5-2-6-12-10(11)8-13(14)17-12/h8-9,11,15-16H,2-7H2,1H3. The molecule has 0 spiro atoms. The predicted molar refractivity (Wildman–Crippen MR) is 73.9 cm³/mol. The van der Waals surface area contributed by atoms with Crippen molar-refractivity contribution in [1.82, 2.24) is 5.32 Å². The predicted octanol–water partition coefficient (Wildman–Crippen LogP) is 3.53. The molecule has 0 radical (unpaired) electrons. The van der Waals surface area contributed by atoms with Gasteiger partial charge in [-0.3, -0.25) is 0 Å². The maximum atomic E-state index is 8.84. The number of thiophene rings is 1. The molecule has 0 aromatic carbocycles. The Morgan fingerprint density at radius 2 is 2.47 bits per heavy atom. The SMILES string of the molecule is CC(CCCO)NC1CCCc2sc(Cl)cc21. The average molecular weight is 274 g/mol. The lowest BCUT2D eigenvalue weighted by molar-refractivity contribution is 0.272. The van der Waals surface area contributed by atoms with Crippen LogP contribution in [0.5, 0.6) is 0 Å². The molecule has 2 unspecified atom stereocenters. The van der Waals surface area contributed by atoms with Crippen LogP contribution in [0.3, 0.4) is 0 Å². The first-order chi connectivity index (χ1) is 8.20. The third-order valence-electron chi connectivity index (χ3n) is 3.36. The van der Waals surface area contributed by atoms with Crippen molar-refractivity contribution < 1.29 is 5.11 Å². The van der Waals surface area contributed by atoms with Gasteiger partial charge in [0, 0.05) is 23.6 Å². The van der Waals surface area contributed by atoms with E-state index in [4.69, 9.17) is 16.7 Å². The largest absolute Gasteiger partial charge is 0.396 e. The van der Waals surface area contributed by atoms with E-state index in [9.17, 15) is 0 Å². The minimum atomic E-state index is 0.284. The smallest absolute Gasteiger partial charge is 0.0934 e. The Hall–Kier alpha value is -0.0900. The Balaban J connectivity index is 1.98. The van der Waals surface area contributed by atoms with E-state index in [1.54, 1.807) is 11.3 Å². The van der Waals surface area contributed by atoms with Gasteiger partial charge in [0.05, 0.1) is 4.34 Å². The van der Waals surface area contributed by atoms with E-state index < -0.39 is 0 Å². The summed E-state index contributed by atoms with van der Waals surface area (Å²) in [5.74, 6) is 0. The van der Waals surface area contributed by atoms with Gasteiger partial charge in [0.2, 0.25) is 0 Å². The van der Waals surface area contributed by atoms with Gasteiger partial charge in [0.1, 0.15) is 0 Å². The second-order valence-corrected chi connectivity index (χ2v) is 6.58. The Labute approximate surface area is 112 Å². The molecule has 1 aliphatic rings. The van der Waals surface area contributed by atoms with Gasteiger partial charge in [-0.2, -0.15) is 0 Å². The van der Waals surface area contributed by atoms with Crippen molar-refractivity contribution in [3.8, 4) is 0 Å². The number of fused-ring (bicyclic) bond motifs is 1. The zero-order valence-electron chi connectivity index (χ0n) is 10.2. The summed E-state index contributed by atoms with van der Waals surface area (Å²) in [4.78, 5) is 1.45. The van der Waals surface area contributed by atoms with Gasteiger partial charge in [-0.05, 0) is 50.7 Å². The number of aliphatic hydroxyl groups excluding tert-OH is 1. The monoisotopic (exact) mass is 273 g/mol. The second-order valence-electron chi connectivity index (χ2n) is 4.81. The number of hydrogen-bond donors (Lipinski definition) is 2. The lowest BCUT2D eigenvalue weighted by atomic mass is 9.93. The second kappa shape index (κ2) is 6.19. The van der Waals surface area contributed by atoms with Crippen LogP contribution in [0.15, 0.2) is 6.07 Å². The number of aliphatic hydroxyl groups is 1. The molecule has 0 fully saturated rings. The molecule has 0 saturated carbocycles. The Morgan fingerprint density at radius 3 is 3.24 bits per heavy atom. The first-order valence-corrected chi connectivity index (χ1v) is 7.55. The minimum absolute atomic E-state index is 0.284. The summed E-state index contributed by atoms with van der Waals surface area (Å²) in [5, 5.41) is 12.5. The quantitative estimate of drug-likeness (QED) is 0.860. The van der Waals surface area contributed by atoms with Crippen LogP contribution < -0.4 is 5.32 Å². The van der Waals surface area contributed by atoms with Crippen LogP contribution in [0.25, 0.3) is 0 Å². The van der Waals surface area contributed by atoms with Crippen molar-refractivity contribution >= 4 is 22.9 Å². The van der Waals surface area contributed by atoms with Gasteiger partial charge in [0.25, 0.3) is 0 Å². The molecule has 2 nitrogen and oxygen atoms in total. The zero-order chi connectivity index (χ0) is 12.3. The number of hydrogen-bond acceptors (Lipinski definition) is 3. The van der Waals surface area contributed by atoms with Crippen molar-refractivity contribution in [2.24, 2.45) is 0 Å². The van der Waals surface area contributed by atoms with E-state index in [-0.39, 0.29) is 6.61 Å². The van der Waals surface area contributed by atoms with Crippen molar-refractivity contribution in [3.63, 3.8) is 0 Å². The normalized spacial score (nSPS) is 21.2. The van der Waals surface area contributed by atoms with Crippen LogP contribution in [0.2, 0.25) is 4.34 Å². The van der Waals surface area contributed by atoms with Gasteiger partial charge in [0.15, 0.2) is 0 Å².